The molecule has 1 heterocycles. The smallest absolute Gasteiger partial charge is 0.235 e. The number of aromatic nitrogens is 1. The second kappa shape index (κ2) is 4.12. The van der Waals surface area contributed by atoms with Crippen molar-refractivity contribution in [1.29, 1.82) is 0 Å². The molecule has 0 bridgehead atoms. The van der Waals surface area contributed by atoms with Crippen molar-refractivity contribution in [2.24, 2.45) is 0 Å². The lowest BCUT2D eigenvalue weighted by atomic mass is 10.2. The average Bonchev–Trinajstić information content (AvgIpc) is 1.96. The van der Waals surface area contributed by atoms with Crippen LogP contribution in [0, 0.1) is 14.3 Å². The van der Waals surface area contributed by atoms with Crippen molar-refractivity contribution >= 4 is 45.2 Å². The average molecular weight is 395 g/mol. The maximum absolute atomic E-state index is 12.3. The van der Waals surface area contributed by atoms with Crippen LogP contribution in [0.1, 0.15) is 17.6 Å². The second-order valence-corrected chi connectivity index (χ2v) is 4.32. The summed E-state index contributed by atoms with van der Waals surface area (Å²) in [7, 11) is 0. The molecular formula is C7H5F2I2N. The first-order chi connectivity index (χ1) is 5.52. The summed E-state index contributed by atoms with van der Waals surface area (Å²) in [4.78, 5) is 3.99. The molecule has 5 heteroatoms. The van der Waals surface area contributed by atoms with Gasteiger partial charge >= 0.3 is 0 Å². The first-order valence-electron chi connectivity index (χ1n) is 3.13. The molecule has 0 saturated heterocycles. The highest BCUT2D eigenvalue weighted by Crippen LogP contribution is 2.25. The molecule has 0 aliphatic rings. The topological polar surface area (TPSA) is 12.9 Å². The van der Waals surface area contributed by atoms with Gasteiger partial charge in [0.15, 0.2) is 0 Å². The molecule has 0 N–H and O–H groups in total. The van der Waals surface area contributed by atoms with Crippen LogP contribution in [0.5, 0.6) is 0 Å². The van der Waals surface area contributed by atoms with Crippen molar-refractivity contribution in [2.45, 2.75) is 13.3 Å². The van der Waals surface area contributed by atoms with Gasteiger partial charge in [-0.1, -0.05) is 0 Å². The SMILES string of the molecule is Cc1cc(C(F)F)c(I)nc1I. The summed E-state index contributed by atoms with van der Waals surface area (Å²) < 4.78 is 25.8. The summed E-state index contributed by atoms with van der Waals surface area (Å²) in [6.07, 6.45) is -2.43. The first kappa shape index (κ1) is 10.6. The Hall–Kier alpha value is 0.470. The monoisotopic (exact) mass is 395 g/mol. The van der Waals surface area contributed by atoms with Crippen LogP contribution in [-0.2, 0) is 0 Å². The molecule has 0 spiro atoms. The lowest BCUT2D eigenvalue weighted by Gasteiger charge is -2.04. The van der Waals surface area contributed by atoms with Crippen LogP contribution in [0.4, 0.5) is 8.78 Å². The molecule has 12 heavy (non-hydrogen) atoms. The summed E-state index contributed by atoms with van der Waals surface area (Å²) >= 11 is 3.85. The molecule has 0 radical (unpaired) electrons. The molecule has 0 amide bonds. The van der Waals surface area contributed by atoms with Gasteiger partial charge in [-0.25, -0.2) is 13.8 Å². The number of halogens is 4. The summed E-state index contributed by atoms with van der Waals surface area (Å²) in [5.74, 6) is 0. The number of hydrogen-bond acceptors (Lipinski definition) is 1. The highest BCUT2D eigenvalue weighted by Gasteiger charge is 2.13. The van der Waals surface area contributed by atoms with Crippen molar-refractivity contribution < 1.29 is 8.78 Å². The fourth-order valence-corrected chi connectivity index (χ4v) is 2.24. The maximum atomic E-state index is 12.3. The van der Waals surface area contributed by atoms with E-state index in [1.165, 1.54) is 6.07 Å². The van der Waals surface area contributed by atoms with Crippen molar-refractivity contribution in [3.8, 4) is 0 Å². The number of nitrogens with zero attached hydrogens (tertiary/aromatic N) is 1. The normalized spacial score (nSPS) is 10.8. The van der Waals surface area contributed by atoms with Gasteiger partial charge in [-0.3, -0.25) is 0 Å². The van der Waals surface area contributed by atoms with Crippen LogP contribution in [0.15, 0.2) is 6.07 Å². The van der Waals surface area contributed by atoms with Gasteiger partial charge in [0.05, 0.1) is 0 Å². The Labute approximate surface area is 96.2 Å². The lowest BCUT2D eigenvalue weighted by molar-refractivity contribution is 0.149. The van der Waals surface area contributed by atoms with Crippen LogP contribution < -0.4 is 0 Å². The van der Waals surface area contributed by atoms with E-state index in [9.17, 15) is 8.78 Å². The lowest BCUT2D eigenvalue weighted by Crippen LogP contribution is -1.97. The van der Waals surface area contributed by atoms with Gasteiger partial charge in [0.2, 0.25) is 0 Å². The molecule has 0 saturated carbocycles. The molecule has 0 aliphatic heterocycles. The predicted octanol–water partition coefficient (Wildman–Crippen LogP) is 3.54. The molecular weight excluding hydrogens is 390 g/mol. The molecule has 0 aliphatic carbocycles. The van der Waals surface area contributed by atoms with Crippen LogP contribution in [0.2, 0.25) is 0 Å². The zero-order valence-corrected chi connectivity index (χ0v) is 10.4. The van der Waals surface area contributed by atoms with Crippen LogP contribution in [-0.4, -0.2) is 4.98 Å². The van der Waals surface area contributed by atoms with E-state index in [4.69, 9.17) is 0 Å². The quantitative estimate of drug-likeness (QED) is 0.524. The van der Waals surface area contributed by atoms with Gasteiger partial charge < -0.3 is 0 Å². The van der Waals surface area contributed by atoms with E-state index in [2.05, 4.69) is 4.98 Å². The largest absolute Gasteiger partial charge is 0.266 e. The van der Waals surface area contributed by atoms with Crippen molar-refractivity contribution in [3.63, 3.8) is 0 Å². The van der Waals surface area contributed by atoms with E-state index in [0.717, 1.165) is 9.26 Å². The number of alkyl halides is 2. The van der Waals surface area contributed by atoms with Crippen LogP contribution in [0.25, 0.3) is 0 Å². The fourth-order valence-electron chi connectivity index (χ4n) is 0.744. The molecule has 1 aromatic rings. The Balaban J connectivity index is 3.23. The van der Waals surface area contributed by atoms with E-state index < -0.39 is 6.43 Å². The molecule has 0 aromatic carbocycles. The summed E-state index contributed by atoms with van der Waals surface area (Å²) in [5, 5.41) is 0. The van der Waals surface area contributed by atoms with E-state index in [1.54, 1.807) is 6.92 Å². The van der Waals surface area contributed by atoms with Gasteiger partial charge in [0.1, 0.15) is 7.40 Å². The third kappa shape index (κ3) is 2.24. The minimum atomic E-state index is -2.43. The first-order valence-corrected chi connectivity index (χ1v) is 5.29. The van der Waals surface area contributed by atoms with Gasteiger partial charge in [-0.2, -0.15) is 0 Å². The third-order valence-corrected chi connectivity index (χ3v) is 3.32. The zero-order chi connectivity index (χ0) is 9.30. The standard InChI is InChI=1S/C7H5F2I2N/c1-3-2-4(5(8)9)7(11)12-6(3)10/h2,5H,1H3. The number of rotatable bonds is 1. The Morgan fingerprint density at radius 2 is 1.92 bits per heavy atom. The van der Waals surface area contributed by atoms with E-state index in [1.807, 2.05) is 45.2 Å². The van der Waals surface area contributed by atoms with Gasteiger partial charge in [0.25, 0.3) is 6.43 Å². The van der Waals surface area contributed by atoms with E-state index in [0.29, 0.717) is 3.70 Å². The van der Waals surface area contributed by atoms with Crippen molar-refractivity contribution in [3.05, 3.63) is 24.6 Å². The van der Waals surface area contributed by atoms with Crippen molar-refractivity contribution in [1.82, 2.24) is 4.98 Å². The second-order valence-electron chi connectivity index (χ2n) is 2.28. The third-order valence-electron chi connectivity index (χ3n) is 1.37. The number of pyridine rings is 1. The number of hydrogen-bond donors (Lipinski definition) is 0. The molecule has 1 nitrogen and oxygen atoms in total. The minimum absolute atomic E-state index is 0.0218. The van der Waals surface area contributed by atoms with E-state index >= 15 is 0 Å². The molecule has 0 atom stereocenters. The van der Waals surface area contributed by atoms with Crippen molar-refractivity contribution in [2.75, 3.05) is 0 Å². The summed E-state index contributed by atoms with van der Waals surface area (Å²) in [5.41, 5.74) is 0.819. The Morgan fingerprint density at radius 1 is 1.33 bits per heavy atom. The molecule has 1 aromatic heterocycles. The van der Waals surface area contributed by atoms with Gasteiger partial charge in [0, 0.05) is 5.56 Å². The van der Waals surface area contributed by atoms with Gasteiger partial charge in [-0.05, 0) is 63.7 Å². The maximum Gasteiger partial charge on any atom is 0.266 e. The summed E-state index contributed by atoms with van der Waals surface area (Å²) in [6, 6.07) is 1.49. The molecule has 66 valence electrons. The van der Waals surface area contributed by atoms with Crippen LogP contribution >= 0.6 is 45.2 Å². The van der Waals surface area contributed by atoms with Crippen LogP contribution in [0.3, 0.4) is 0 Å². The Bertz CT molecular complexity index is 302. The molecule has 0 fully saturated rings. The van der Waals surface area contributed by atoms with E-state index in [-0.39, 0.29) is 5.56 Å². The summed E-state index contributed by atoms with van der Waals surface area (Å²) in [6.45, 7) is 1.77. The highest BCUT2D eigenvalue weighted by molar-refractivity contribution is 14.1. The Morgan fingerprint density at radius 3 is 2.42 bits per heavy atom. The minimum Gasteiger partial charge on any atom is -0.235 e. The fraction of sp³-hybridized carbons (Fsp3) is 0.286. The molecule has 0 unspecified atom stereocenters. The van der Waals surface area contributed by atoms with Gasteiger partial charge in [-0.15, -0.1) is 0 Å². The predicted molar refractivity (Wildman–Crippen MR) is 59.4 cm³/mol. The number of aryl methyl sites for hydroxylation is 1. The zero-order valence-electron chi connectivity index (χ0n) is 6.11. The molecule has 1 rings (SSSR count). The highest BCUT2D eigenvalue weighted by atomic mass is 127. The Kier molecular flexibility index (Phi) is 3.62.